The highest BCUT2D eigenvalue weighted by Crippen LogP contribution is 2.37. The van der Waals surface area contributed by atoms with Gasteiger partial charge in [0.15, 0.2) is 11.5 Å². The molecule has 0 saturated carbocycles. The molecule has 42 heavy (non-hydrogen) atoms. The molecule has 0 radical (unpaired) electrons. The fourth-order valence-corrected chi connectivity index (χ4v) is 5.56. The lowest BCUT2D eigenvalue weighted by atomic mass is 9.82. The number of hydrogen-bond acceptors (Lipinski definition) is 5. The van der Waals surface area contributed by atoms with Crippen molar-refractivity contribution in [2.24, 2.45) is 0 Å². The van der Waals surface area contributed by atoms with Crippen LogP contribution in [0.25, 0.3) is 0 Å². The zero-order valence-corrected chi connectivity index (χ0v) is 22.6. The van der Waals surface area contributed by atoms with Gasteiger partial charge < -0.3 is 15.1 Å². The van der Waals surface area contributed by atoms with E-state index in [2.05, 4.69) is 15.2 Å². The van der Waals surface area contributed by atoms with Crippen molar-refractivity contribution >= 4 is 23.6 Å². The van der Waals surface area contributed by atoms with Crippen molar-refractivity contribution in [2.75, 3.05) is 31.1 Å². The average Bonchev–Trinajstić information content (AvgIpc) is 3.27. The standard InChI is InChI=1S/C32H28F2N6O2/c33-26-11-7-24(8-12-26)32(25-9-13-27(34)14-10-25)30(42)40(31(35)37-32)21-22-4-3-5-23(20-22)29(41)39-18-16-38(17-19-39)28-6-1-2-15-36-28/h1-15,20H,16-19,21H2,(H2,35,37). The van der Waals surface area contributed by atoms with Crippen molar-refractivity contribution in [1.82, 2.24) is 20.1 Å². The number of anilines is 1. The summed E-state index contributed by atoms with van der Waals surface area (Å²) >= 11 is 0. The molecule has 2 N–H and O–H groups in total. The maximum atomic E-state index is 14.1. The number of pyridine rings is 1. The lowest BCUT2D eigenvalue weighted by Gasteiger charge is -2.35. The van der Waals surface area contributed by atoms with Gasteiger partial charge in [0.1, 0.15) is 17.5 Å². The SMILES string of the molecule is N=C1NC(c2ccc(F)cc2)(c2ccc(F)cc2)C(=O)N1Cc1cccc(C(=O)N2CCN(c3ccccn3)CC2)c1. The molecule has 3 aromatic carbocycles. The molecule has 3 heterocycles. The summed E-state index contributed by atoms with van der Waals surface area (Å²) in [5, 5.41) is 11.7. The van der Waals surface area contributed by atoms with Gasteiger partial charge in [-0.15, -0.1) is 0 Å². The van der Waals surface area contributed by atoms with Crippen molar-refractivity contribution in [3.05, 3.63) is 131 Å². The van der Waals surface area contributed by atoms with E-state index in [-0.39, 0.29) is 18.4 Å². The summed E-state index contributed by atoms with van der Waals surface area (Å²) in [5.74, 6) is -0.778. The molecule has 0 atom stereocenters. The first-order chi connectivity index (χ1) is 20.3. The lowest BCUT2D eigenvalue weighted by molar-refractivity contribution is -0.130. The Kier molecular flexibility index (Phi) is 7.12. The van der Waals surface area contributed by atoms with Crippen molar-refractivity contribution in [1.29, 1.82) is 5.41 Å². The summed E-state index contributed by atoms with van der Waals surface area (Å²) in [6.07, 6.45) is 1.75. The van der Waals surface area contributed by atoms with Gasteiger partial charge in [0, 0.05) is 37.9 Å². The minimum absolute atomic E-state index is 0.0311. The van der Waals surface area contributed by atoms with Gasteiger partial charge in [-0.25, -0.2) is 13.8 Å². The van der Waals surface area contributed by atoms with E-state index in [9.17, 15) is 18.4 Å². The van der Waals surface area contributed by atoms with Crippen LogP contribution in [0.5, 0.6) is 0 Å². The normalized spacial score (nSPS) is 16.5. The highest BCUT2D eigenvalue weighted by atomic mass is 19.1. The highest BCUT2D eigenvalue weighted by molar-refractivity contribution is 6.10. The molecule has 0 spiro atoms. The predicted molar refractivity (Wildman–Crippen MR) is 154 cm³/mol. The molecule has 0 bridgehead atoms. The van der Waals surface area contributed by atoms with E-state index >= 15 is 0 Å². The van der Waals surface area contributed by atoms with E-state index in [0.29, 0.717) is 48.4 Å². The monoisotopic (exact) mass is 566 g/mol. The first-order valence-electron chi connectivity index (χ1n) is 13.6. The molecule has 2 saturated heterocycles. The van der Waals surface area contributed by atoms with Crippen molar-refractivity contribution < 1.29 is 18.4 Å². The molecule has 2 fully saturated rings. The van der Waals surface area contributed by atoms with E-state index in [0.717, 1.165) is 5.82 Å². The zero-order chi connectivity index (χ0) is 29.3. The van der Waals surface area contributed by atoms with Crippen LogP contribution in [0.1, 0.15) is 27.0 Å². The summed E-state index contributed by atoms with van der Waals surface area (Å²) < 4.78 is 27.6. The Hall–Kier alpha value is -5.12. The first-order valence-corrected chi connectivity index (χ1v) is 13.6. The second-order valence-corrected chi connectivity index (χ2v) is 10.3. The number of hydrogen-bond donors (Lipinski definition) is 2. The number of guanidine groups is 1. The van der Waals surface area contributed by atoms with Gasteiger partial charge in [0.25, 0.3) is 11.8 Å². The van der Waals surface area contributed by atoms with E-state index in [1.165, 1.54) is 53.4 Å². The summed E-state index contributed by atoms with van der Waals surface area (Å²) in [6.45, 7) is 2.47. The smallest absolute Gasteiger partial charge is 0.264 e. The lowest BCUT2D eigenvalue weighted by Crippen LogP contribution is -2.49. The number of carbonyl (C=O) groups excluding carboxylic acids is 2. The molecular weight excluding hydrogens is 538 g/mol. The zero-order valence-electron chi connectivity index (χ0n) is 22.6. The molecule has 8 nitrogen and oxygen atoms in total. The van der Waals surface area contributed by atoms with Crippen molar-refractivity contribution in [3.8, 4) is 0 Å². The second-order valence-electron chi connectivity index (χ2n) is 10.3. The first kappa shape index (κ1) is 27.1. The maximum Gasteiger partial charge on any atom is 0.264 e. The van der Waals surface area contributed by atoms with E-state index < -0.39 is 23.1 Å². The van der Waals surface area contributed by atoms with Gasteiger partial charge in [-0.05, 0) is 65.2 Å². The van der Waals surface area contributed by atoms with Crippen LogP contribution >= 0.6 is 0 Å². The van der Waals surface area contributed by atoms with Crippen LogP contribution in [-0.4, -0.2) is 58.7 Å². The fraction of sp³-hybridized carbons (Fsp3) is 0.188. The Morgan fingerprint density at radius 1 is 0.857 bits per heavy atom. The molecule has 212 valence electrons. The fourth-order valence-electron chi connectivity index (χ4n) is 5.56. The van der Waals surface area contributed by atoms with Crippen LogP contribution < -0.4 is 10.2 Å². The van der Waals surface area contributed by atoms with Crippen molar-refractivity contribution in [2.45, 2.75) is 12.1 Å². The minimum Gasteiger partial charge on any atom is -0.353 e. The molecule has 1 aromatic heterocycles. The summed E-state index contributed by atoms with van der Waals surface area (Å²) in [6, 6.07) is 23.7. The molecule has 0 aliphatic carbocycles. The second kappa shape index (κ2) is 11.0. The van der Waals surface area contributed by atoms with E-state index in [1.807, 2.05) is 18.2 Å². The number of benzene rings is 3. The predicted octanol–water partition coefficient (Wildman–Crippen LogP) is 4.13. The molecule has 0 unspecified atom stereocenters. The van der Waals surface area contributed by atoms with Crippen LogP contribution in [0.3, 0.4) is 0 Å². The maximum absolute atomic E-state index is 14.1. The summed E-state index contributed by atoms with van der Waals surface area (Å²) in [7, 11) is 0. The quantitative estimate of drug-likeness (QED) is 0.366. The van der Waals surface area contributed by atoms with Crippen LogP contribution in [0.4, 0.5) is 14.6 Å². The Labute approximate surface area is 241 Å². The molecule has 2 aliphatic heterocycles. The number of rotatable bonds is 6. The molecule has 2 aliphatic rings. The van der Waals surface area contributed by atoms with E-state index in [4.69, 9.17) is 5.41 Å². The van der Waals surface area contributed by atoms with Gasteiger partial charge in [-0.1, -0.05) is 42.5 Å². The molecule has 2 amide bonds. The Morgan fingerprint density at radius 2 is 1.50 bits per heavy atom. The van der Waals surface area contributed by atoms with Crippen LogP contribution in [0.2, 0.25) is 0 Å². The average molecular weight is 567 g/mol. The largest absolute Gasteiger partial charge is 0.353 e. The number of halogens is 2. The Balaban J connectivity index is 1.22. The third-order valence-corrected chi connectivity index (χ3v) is 7.75. The van der Waals surface area contributed by atoms with Gasteiger partial charge >= 0.3 is 0 Å². The molecule has 6 rings (SSSR count). The topological polar surface area (TPSA) is 92.6 Å². The van der Waals surface area contributed by atoms with Gasteiger partial charge in [-0.2, -0.15) is 0 Å². The van der Waals surface area contributed by atoms with Crippen LogP contribution in [0, 0.1) is 17.0 Å². The van der Waals surface area contributed by atoms with Gasteiger partial charge in [0.2, 0.25) is 0 Å². The van der Waals surface area contributed by atoms with Crippen molar-refractivity contribution in [3.63, 3.8) is 0 Å². The number of piperazine rings is 1. The Bertz CT molecular complexity index is 1580. The molecule has 10 heteroatoms. The number of amides is 2. The number of nitrogens with one attached hydrogen (secondary N) is 2. The third-order valence-electron chi connectivity index (χ3n) is 7.75. The number of aromatic nitrogens is 1. The molecule has 4 aromatic rings. The van der Waals surface area contributed by atoms with Crippen LogP contribution in [0.15, 0.2) is 97.2 Å². The van der Waals surface area contributed by atoms with E-state index in [1.54, 1.807) is 35.4 Å². The summed E-state index contributed by atoms with van der Waals surface area (Å²) in [4.78, 5) is 37.1. The number of nitrogens with zero attached hydrogens (tertiary/aromatic N) is 4. The van der Waals surface area contributed by atoms with Gasteiger partial charge in [0.05, 0.1) is 6.54 Å². The van der Waals surface area contributed by atoms with Gasteiger partial charge in [-0.3, -0.25) is 19.9 Å². The van der Waals surface area contributed by atoms with Crippen LogP contribution in [-0.2, 0) is 16.9 Å². The molecular formula is C32H28F2N6O2. The third kappa shape index (κ3) is 4.96. The highest BCUT2D eigenvalue weighted by Gasteiger charge is 2.52. The summed E-state index contributed by atoms with van der Waals surface area (Å²) in [5.41, 5.74) is 0.456. The Morgan fingerprint density at radius 3 is 2.10 bits per heavy atom. The number of carbonyl (C=O) groups is 2. The minimum atomic E-state index is -1.54.